The van der Waals surface area contributed by atoms with Crippen LogP contribution in [0.4, 0.5) is 0 Å². The van der Waals surface area contributed by atoms with Gasteiger partial charge in [-0.2, -0.15) is 4.31 Å². The first kappa shape index (κ1) is 17.9. The summed E-state index contributed by atoms with van der Waals surface area (Å²) in [6.45, 7) is 4.19. The molecule has 0 saturated carbocycles. The van der Waals surface area contributed by atoms with Crippen molar-refractivity contribution in [1.82, 2.24) is 9.29 Å². The fourth-order valence-corrected chi connectivity index (χ4v) is 3.44. The fraction of sp³-hybridized carbons (Fsp3) is 0.500. The Bertz CT molecular complexity index is 614. The molecule has 23 heavy (non-hydrogen) atoms. The number of hydrogen-bond donors (Lipinski definition) is 0. The van der Waals surface area contributed by atoms with Gasteiger partial charge in [-0.05, 0) is 24.7 Å². The highest BCUT2D eigenvalue weighted by atomic mass is 32.2. The Kier molecular flexibility index (Phi) is 5.79. The number of carbonyl (C=O) groups excluding carboxylic acids is 1. The molecular weight excluding hydrogens is 338 g/mol. The largest absolute Gasteiger partial charge is 0.566 e. The molecule has 0 radical (unpaired) electrons. The molecule has 1 aromatic rings. The Labute approximate surface area is 142 Å². The fourth-order valence-electron chi connectivity index (χ4n) is 1.83. The van der Waals surface area contributed by atoms with Crippen molar-refractivity contribution < 1.29 is 18.8 Å². The Morgan fingerprint density at radius 2 is 2.22 bits per heavy atom. The maximum Gasteiger partial charge on any atom is 0.359 e. The van der Waals surface area contributed by atoms with Gasteiger partial charge in [-0.3, -0.25) is 0 Å². The van der Waals surface area contributed by atoms with Crippen LogP contribution in [0.1, 0.15) is 25.3 Å². The molecule has 0 aliphatic carbocycles. The van der Waals surface area contributed by atoms with Crippen molar-refractivity contribution >= 4 is 34.6 Å². The van der Waals surface area contributed by atoms with E-state index in [1.54, 1.807) is 24.8 Å². The number of methoxy groups -OCH3 is 2. The number of hydrogen-bond acceptors (Lipinski definition) is 8. The maximum absolute atomic E-state index is 12.5. The van der Waals surface area contributed by atoms with Crippen molar-refractivity contribution in [2.75, 3.05) is 20.8 Å². The first-order valence-electron chi connectivity index (χ1n) is 6.91. The minimum atomic E-state index is -1.72. The van der Waals surface area contributed by atoms with Gasteiger partial charge in [-0.1, -0.05) is 0 Å². The second kappa shape index (κ2) is 7.43. The van der Waals surface area contributed by atoms with E-state index in [1.807, 2.05) is 13.8 Å². The summed E-state index contributed by atoms with van der Waals surface area (Å²) in [6, 6.07) is 0. The third-order valence-electron chi connectivity index (χ3n) is 3.42. The second-order valence-corrected chi connectivity index (χ2v) is 7.36. The minimum Gasteiger partial charge on any atom is -0.566 e. The van der Waals surface area contributed by atoms with E-state index >= 15 is 0 Å². The van der Waals surface area contributed by atoms with Crippen molar-refractivity contribution in [1.29, 1.82) is 0 Å². The first-order chi connectivity index (χ1) is 10.9. The molecule has 7 nitrogen and oxygen atoms in total. The predicted molar refractivity (Wildman–Crippen MR) is 89.3 cm³/mol. The van der Waals surface area contributed by atoms with Crippen LogP contribution in [-0.4, -0.2) is 51.9 Å². The number of esters is 1. The zero-order valence-electron chi connectivity index (χ0n) is 13.4. The molecule has 0 spiro atoms. The number of thiazole rings is 1. The highest BCUT2D eigenvalue weighted by Gasteiger charge is 2.35. The molecule has 1 aliphatic rings. The van der Waals surface area contributed by atoms with E-state index in [0.717, 1.165) is 0 Å². The lowest BCUT2D eigenvalue weighted by atomic mass is 10.1. The number of allylic oxidation sites excluding steroid dienone is 1. The Hall–Kier alpha value is -1.42. The predicted octanol–water partition coefficient (Wildman–Crippen LogP) is 1.70. The molecule has 2 heterocycles. The monoisotopic (exact) mass is 357 g/mol. The van der Waals surface area contributed by atoms with E-state index in [-0.39, 0.29) is 5.70 Å². The molecule has 1 aromatic heterocycles. The summed E-state index contributed by atoms with van der Waals surface area (Å²) in [5.41, 5.74) is 0.226. The number of carbonyl (C=O) groups is 1. The topological polar surface area (TPSA) is 87.1 Å². The molecule has 1 aliphatic heterocycles. The van der Waals surface area contributed by atoms with Crippen LogP contribution < -0.4 is 0 Å². The van der Waals surface area contributed by atoms with Crippen LogP contribution in [0.15, 0.2) is 27.7 Å². The van der Waals surface area contributed by atoms with E-state index in [2.05, 4.69) is 9.38 Å². The minimum absolute atomic E-state index is 0.206. The van der Waals surface area contributed by atoms with E-state index < -0.39 is 23.1 Å². The maximum atomic E-state index is 12.5. The lowest BCUT2D eigenvalue weighted by Gasteiger charge is -2.29. The van der Waals surface area contributed by atoms with Crippen molar-refractivity contribution in [2.24, 2.45) is 4.40 Å². The van der Waals surface area contributed by atoms with E-state index in [1.165, 1.54) is 22.8 Å². The Morgan fingerprint density at radius 3 is 2.78 bits per heavy atom. The van der Waals surface area contributed by atoms with Crippen LogP contribution in [0.2, 0.25) is 0 Å². The lowest BCUT2D eigenvalue weighted by Crippen LogP contribution is -2.40. The lowest BCUT2D eigenvalue weighted by molar-refractivity contribution is -0.137. The number of aromatic nitrogens is 1. The zero-order valence-corrected chi connectivity index (χ0v) is 15.1. The van der Waals surface area contributed by atoms with Gasteiger partial charge in [-0.15, -0.1) is 11.3 Å². The standard InChI is InChI=1S/C14H19N3O4S2/c1-14(2,21-4)5-7-17-11(13(18)20-3)9-10(16-23(17)19)12-15-6-8-22-12/h6,8-9H,5,7H2,1-4H3. The summed E-state index contributed by atoms with van der Waals surface area (Å²) >= 11 is -0.355. The first-order valence-corrected chi connectivity index (χ1v) is 8.85. The van der Waals surface area contributed by atoms with Gasteiger partial charge in [0.15, 0.2) is 11.4 Å². The molecule has 0 fully saturated rings. The highest BCUT2D eigenvalue weighted by molar-refractivity contribution is 7.88. The summed E-state index contributed by atoms with van der Waals surface area (Å²) in [5.74, 6) is -0.558. The average molecular weight is 357 g/mol. The quantitative estimate of drug-likeness (QED) is 0.569. The molecule has 1 atom stereocenters. The van der Waals surface area contributed by atoms with Gasteiger partial charge in [0.05, 0.1) is 19.3 Å². The second-order valence-electron chi connectivity index (χ2n) is 5.38. The molecule has 126 valence electrons. The van der Waals surface area contributed by atoms with Crippen LogP contribution >= 0.6 is 11.3 Å². The average Bonchev–Trinajstić information content (AvgIpc) is 3.06. The van der Waals surface area contributed by atoms with Gasteiger partial charge in [0.2, 0.25) is 11.5 Å². The molecule has 0 saturated heterocycles. The van der Waals surface area contributed by atoms with Gasteiger partial charge in [-0.25, -0.2) is 9.78 Å². The van der Waals surface area contributed by atoms with Gasteiger partial charge < -0.3 is 14.0 Å². The summed E-state index contributed by atoms with van der Waals surface area (Å²) in [5, 5.41) is 2.40. The summed E-state index contributed by atoms with van der Waals surface area (Å²) in [6.07, 6.45) is 3.77. The molecule has 1 unspecified atom stereocenters. The molecular formula is C14H19N3O4S2. The summed E-state index contributed by atoms with van der Waals surface area (Å²) in [4.78, 5) is 16.2. The molecule has 0 N–H and O–H groups in total. The van der Waals surface area contributed by atoms with Crippen LogP contribution in [0.5, 0.6) is 0 Å². The van der Waals surface area contributed by atoms with Crippen molar-refractivity contribution in [3.8, 4) is 0 Å². The van der Waals surface area contributed by atoms with Gasteiger partial charge in [0.25, 0.3) is 0 Å². The van der Waals surface area contributed by atoms with Gasteiger partial charge in [0, 0.05) is 24.8 Å². The molecule has 2 rings (SSSR count). The van der Waals surface area contributed by atoms with Crippen molar-refractivity contribution in [3.63, 3.8) is 0 Å². The van der Waals surface area contributed by atoms with Crippen LogP contribution in [0, 0.1) is 0 Å². The van der Waals surface area contributed by atoms with Gasteiger partial charge in [0.1, 0.15) is 5.01 Å². The van der Waals surface area contributed by atoms with Crippen LogP contribution in [0.25, 0.3) is 0 Å². The van der Waals surface area contributed by atoms with Gasteiger partial charge >= 0.3 is 5.97 Å². The van der Waals surface area contributed by atoms with Crippen molar-refractivity contribution in [3.05, 3.63) is 28.4 Å². The van der Waals surface area contributed by atoms with E-state index in [0.29, 0.717) is 23.7 Å². The van der Waals surface area contributed by atoms with Crippen LogP contribution in [0.3, 0.4) is 0 Å². The zero-order chi connectivity index (χ0) is 17.0. The molecule has 0 bridgehead atoms. The van der Waals surface area contributed by atoms with Crippen molar-refractivity contribution in [2.45, 2.75) is 25.9 Å². The SMILES string of the molecule is COC(=O)C1=CC(c2nccs2)=N[S+]([O-])N1CCC(C)(C)OC. The third kappa shape index (κ3) is 4.31. The number of rotatable bonds is 6. The van der Waals surface area contributed by atoms with E-state index in [9.17, 15) is 9.35 Å². The Morgan fingerprint density at radius 1 is 1.48 bits per heavy atom. The third-order valence-corrected chi connectivity index (χ3v) is 5.33. The Balaban J connectivity index is 2.26. The highest BCUT2D eigenvalue weighted by Crippen LogP contribution is 2.25. The van der Waals surface area contributed by atoms with Crippen LogP contribution in [-0.2, 0) is 25.8 Å². The molecule has 0 amide bonds. The summed E-state index contributed by atoms with van der Waals surface area (Å²) in [7, 11) is 2.90. The number of ether oxygens (including phenoxy) is 2. The normalized spacial score (nSPS) is 18.5. The summed E-state index contributed by atoms with van der Waals surface area (Å²) < 4.78 is 28.2. The van der Waals surface area contributed by atoms with E-state index in [4.69, 9.17) is 9.47 Å². The molecule has 0 aromatic carbocycles. The molecule has 9 heteroatoms. The number of nitrogens with zero attached hydrogens (tertiary/aromatic N) is 3. The smallest absolute Gasteiger partial charge is 0.359 e.